The molecule has 128 valence electrons. The van der Waals surface area contributed by atoms with E-state index in [1.807, 2.05) is 38.1 Å². The summed E-state index contributed by atoms with van der Waals surface area (Å²) in [6, 6.07) is 7.65. The number of rotatable bonds is 3. The molecule has 1 fully saturated rings. The average Bonchev–Trinajstić information content (AvgIpc) is 2.58. The van der Waals surface area contributed by atoms with Crippen molar-refractivity contribution < 1.29 is 14.0 Å². The molecule has 0 spiro atoms. The summed E-state index contributed by atoms with van der Waals surface area (Å²) in [7, 11) is 2.23. The summed E-state index contributed by atoms with van der Waals surface area (Å²) >= 11 is 0. The van der Waals surface area contributed by atoms with Crippen LogP contribution in [0.4, 0.5) is 0 Å². The fourth-order valence-corrected chi connectivity index (χ4v) is 3.67. The molecule has 3 rings (SSSR count). The van der Waals surface area contributed by atoms with E-state index in [9.17, 15) is 4.79 Å². The first-order valence-electron chi connectivity index (χ1n) is 8.66. The van der Waals surface area contributed by atoms with Gasteiger partial charge in [-0.25, -0.2) is 0 Å². The number of ether oxygens (including phenoxy) is 1. The van der Waals surface area contributed by atoms with Crippen molar-refractivity contribution in [1.82, 2.24) is 5.32 Å². The largest absolute Gasteiger partial charge is 0.426 e. The molecule has 4 heteroatoms. The number of nitrogens with zero attached hydrogens (tertiary/aromatic N) is 1. The van der Waals surface area contributed by atoms with Gasteiger partial charge < -0.3 is 10.1 Å². The van der Waals surface area contributed by atoms with Crippen LogP contribution in [0.2, 0.25) is 0 Å². The molecule has 2 aliphatic rings. The number of hydrogen-bond acceptors (Lipinski definition) is 3. The molecule has 1 N–H and O–H groups in total. The molecule has 1 saturated heterocycles. The molecule has 1 aliphatic carbocycles. The zero-order chi connectivity index (χ0) is 17.2. The van der Waals surface area contributed by atoms with Gasteiger partial charge in [0.25, 0.3) is 0 Å². The third-order valence-corrected chi connectivity index (χ3v) is 5.31. The number of esters is 1. The van der Waals surface area contributed by atoms with Gasteiger partial charge in [-0.05, 0) is 38.5 Å². The van der Waals surface area contributed by atoms with Crippen LogP contribution in [0.1, 0.15) is 18.9 Å². The van der Waals surface area contributed by atoms with Gasteiger partial charge in [0, 0.05) is 13.1 Å². The number of benzene rings is 1. The number of likely N-dealkylation sites (N-methyl/N-ethyl adjacent to an activating group) is 1. The van der Waals surface area contributed by atoms with Crippen LogP contribution >= 0.6 is 0 Å². The van der Waals surface area contributed by atoms with E-state index in [-0.39, 0.29) is 5.97 Å². The Morgan fingerprint density at radius 1 is 1.21 bits per heavy atom. The van der Waals surface area contributed by atoms with Gasteiger partial charge in [0.2, 0.25) is 0 Å². The van der Waals surface area contributed by atoms with E-state index in [4.69, 9.17) is 4.74 Å². The fourth-order valence-electron chi connectivity index (χ4n) is 3.67. The highest BCUT2D eigenvalue weighted by Crippen LogP contribution is 2.41. The average molecular weight is 327 g/mol. The maximum atomic E-state index is 13.0. The minimum atomic E-state index is -0.619. The van der Waals surface area contributed by atoms with Gasteiger partial charge in [-0.15, -0.1) is 0 Å². The molecule has 4 nitrogen and oxygen atoms in total. The van der Waals surface area contributed by atoms with Gasteiger partial charge in [0.1, 0.15) is 16.9 Å². The van der Waals surface area contributed by atoms with Crippen molar-refractivity contribution in [2.75, 3.05) is 33.2 Å². The Hall–Kier alpha value is -1.91. The summed E-state index contributed by atoms with van der Waals surface area (Å²) in [5.74, 6) is 0.448. The van der Waals surface area contributed by atoms with Gasteiger partial charge in [-0.2, -0.15) is 0 Å². The van der Waals surface area contributed by atoms with E-state index in [1.54, 1.807) is 0 Å². The zero-order valence-corrected chi connectivity index (χ0v) is 14.8. The molecule has 24 heavy (non-hydrogen) atoms. The predicted molar refractivity (Wildman–Crippen MR) is 95.5 cm³/mol. The van der Waals surface area contributed by atoms with Gasteiger partial charge in [0.05, 0.1) is 20.1 Å². The fraction of sp³-hybridized carbons (Fsp3) is 0.450. The van der Waals surface area contributed by atoms with Crippen LogP contribution in [0.25, 0.3) is 0 Å². The van der Waals surface area contributed by atoms with Crippen LogP contribution in [-0.2, 0) is 4.79 Å². The number of allylic oxidation sites excluding steroid dienone is 3. The van der Waals surface area contributed by atoms with E-state index in [0.29, 0.717) is 12.2 Å². The molecule has 1 aromatic carbocycles. The maximum Gasteiger partial charge on any atom is 0.327 e. The monoisotopic (exact) mass is 327 g/mol. The number of quaternary nitrogens is 1. The highest BCUT2D eigenvalue weighted by Gasteiger charge is 2.49. The predicted octanol–water partition coefficient (Wildman–Crippen LogP) is 2.80. The highest BCUT2D eigenvalue weighted by molar-refractivity contribution is 5.82. The SMILES string of the molecule is Cc1ccc(OC(=O)C2(C)CC=CC=C2[N+]2(C)CCNCC2)cc1. The summed E-state index contributed by atoms with van der Waals surface area (Å²) in [4.78, 5) is 13.0. The summed E-state index contributed by atoms with van der Waals surface area (Å²) in [6.45, 7) is 7.97. The molecule has 0 saturated carbocycles. The van der Waals surface area contributed by atoms with Gasteiger partial charge >= 0.3 is 5.97 Å². The number of hydrogen-bond donors (Lipinski definition) is 1. The van der Waals surface area contributed by atoms with Gasteiger partial charge in [0.15, 0.2) is 0 Å². The van der Waals surface area contributed by atoms with E-state index in [0.717, 1.165) is 41.9 Å². The number of carbonyl (C=O) groups excluding carboxylic acids is 1. The highest BCUT2D eigenvalue weighted by atomic mass is 16.5. The second kappa shape index (κ2) is 6.54. The molecule has 0 radical (unpaired) electrons. The summed E-state index contributed by atoms with van der Waals surface area (Å²) in [5, 5.41) is 3.40. The Kier molecular flexibility index (Phi) is 4.61. The minimum Gasteiger partial charge on any atom is -0.426 e. The molecule has 1 aromatic rings. The summed E-state index contributed by atoms with van der Waals surface area (Å²) < 4.78 is 6.54. The summed E-state index contributed by atoms with van der Waals surface area (Å²) in [6.07, 6.45) is 6.94. The van der Waals surface area contributed by atoms with Crippen molar-refractivity contribution in [1.29, 1.82) is 0 Å². The molecule has 1 atom stereocenters. The lowest BCUT2D eigenvalue weighted by Crippen LogP contribution is -2.59. The maximum absolute atomic E-state index is 13.0. The van der Waals surface area contributed by atoms with Crippen LogP contribution in [0.15, 0.2) is 48.2 Å². The Morgan fingerprint density at radius 2 is 1.88 bits per heavy atom. The number of carbonyl (C=O) groups is 1. The first-order valence-corrected chi connectivity index (χ1v) is 8.66. The summed E-state index contributed by atoms with van der Waals surface area (Å²) in [5.41, 5.74) is 1.69. The van der Waals surface area contributed by atoms with Crippen LogP contribution in [0.3, 0.4) is 0 Å². The number of aryl methyl sites for hydroxylation is 1. The third kappa shape index (κ3) is 3.17. The Labute approximate surface area is 144 Å². The van der Waals surface area contributed by atoms with Gasteiger partial charge in [-0.1, -0.05) is 29.8 Å². The van der Waals surface area contributed by atoms with E-state index in [1.165, 1.54) is 0 Å². The van der Waals surface area contributed by atoms with Gasteiger partial charge in [-0.3, -0.25) is 9.28 Å². The molecule has 1 unspecified atom stereocenters. The lowest BCUT2D eigenvalue weighted by Gasteiger charge is -2.45. The van der Waals surface area contributed by atoms with Crippen molar-refractivity contribution in [2.24, 2.45) is 5.41 Å². The van der Waals surface area contributed by atoms with Crippen LogP contribution in [0.5, 0.6) is 5.75 Å². The van der Waals surface area contributed by atoms with Crippen molar-refractivity contribution in [2.45, 2.75) is 20.3 Å². The first kappa shape index (κ1) is 16.9. The quantitative estimate of drug-likeness (QED) is 0.527. The lowest BCUT2D eigenvalue weighted by molar-refractivity contribution is -0.879. The zero-order valence-electron chi connectivity index (χ0n) is 14.8. The molecule has 0 amide bonds. The Bertz CT molecular complexity index is 669. The third-order valence-electron chi connectivity index (χ3n) is 5.31. The molecular weight excluding hydrogens is 300 g/mol. The lowest BCUT2D eigenvalue weighted by atomic mass is 9.78. The molecule has 0 aromatic heterocycles. The standard InChI is InChI=1S/C20H27N2O2/c1-16-7-9-17(10-8-16)24-19(23)20(2)11-5-4-6-18(20)22(3)14-12-21-13-15-22/h4-10,21H,11-15H2,1-3H3/q+1. The number of nitrogens with one attached hydrogen (secondary N) is 1. The van der Waals surface area contributed by atoms with E-state index >= 15 is 0 Å². The van der Waals surface area contributed by atoms with Crippen molar-refractivity contribution in [3.05, 3.63) is 53.8 Å². The molecule has 1 aliphatic heterocycles. The topological polar surface area (TPSA) is 38.3 Å². The normalized spacial score (nSPS) is 25.9. The smallest absolute Gasteiger partial charge is 0.327 e. The van der Waals surface area contributed by atoms with Crippen molar-refractivity contribution >= 4 is 5.97 Å². The van der Waals surface area contributed by atoms with Crippen molar-refractivity contribution in [3.63, 3.8) is 0 Å². The molecule has 1 heterocycles. The minimum absolute atomic E-state index is 0.167. The molecule has 0 bridgehead atoms. The Balaban J connectivity index is 1.86. The van der Waals surface area contributed by atoms with Crippen molar-refractivity contribution in [3.8, 4) is 5.75 Å². The van der Waals surface area contributed by atoms with Crippen LogP contribution in [-0.4, -0.2) is 43.7 Å². The second-order valence-corrected chi connectivity index (χ2v) is 7.31. The first-order chi connectivity index (χ1) is 11.4. The van der Waals surface area contributed by atoms with E-state index < -0.39 is 5.41 Å². The number of piperazine rings is 1. The molecular formula is C20H27N2O2+. The van der Waals surface area contributed by atoms with E-state index in [2.05, 4.69) is 30.6 Å². The van der Waals surface area contributed by atoms with Crippen LogP contribution in [0, 0.1) is 12.3 Å². The van der Waals surface area contributed by atoms with Crippen LogP contribution < -0.4 is 10.1 Å². The Morgan fingerprint density at radius 3 is 2.54 bits per heavy atom. The second-order valence-electron chi connectivity index (χ2n) is 7.31.